The van der Waals surface area contributed by atoms with Gasteiger partial charge in [-0.2, -0.15) is 0 Å². The van der Waals surface area contributed by atoms with Gasteiger partial charge in [0.2, 0.25) is 0 Å². The van der Waals surface area contributed by atoms with Crippen LogP contribution in [0.1, 0.15) is 29.0 Å². The number of rotatable bonds is 6. The SMILES string of the molecule is COC(=O)C1=CCC(/C=C/c2ccccc2)c2c(-c3ccc([N+](=O)[O-])cc3)oc(-c3ccccc3)c21. The van der Waals surface area contributed by atoms with Crippen molar-refractivity contribution in [2.75, 3.05) is 7.11 Å². The van der Waals surface area contributed by atoms with E-state index in [-0.39, 0.29) is 11.6 Å². The number of furan rings is 1. The standard InChI is InChI=1S/C30H23NO5/c1-35-30(32)25-19-16-21(13-12-20-8-4-2-5-9-20)26-27(25)29(22-10-6-3-7-11-22)36-28(26)23-14-17-24(18-15-23)31(33)34/h2-15,17-19,21H,16H2,1H3/b13-12+. The third-order valence-electron chi connectivity index (χ3n) is 6.26. The Morgan fingerprint density at radius 1 is 0.944 bits per heavy atom. The summed E-state index contributed by atoms with van der Waals surface area (Å²) in [6.45, 7) is 0. The summed E-state index contributed by atoms with van der Waals surface area (Å²) in [5.41, 5.74) is 4.58. The van der Waals surface area contributed by atoms with Gasteiger partial charge in [0.15, 0.2) is 0 Å². The minimum absolute atomic E-state index is 0.00174. The number of methoxy groups -OCH3 is 1. The van der Waals surface area contributed by atoms with E-state index in [2.05, 4.69) is 12.2 Å². The molecule has 178 valence electrons. The van der Waals surface area contributed by atoms with Crippen LogP contribution in [-0.2, 0) is 9.53 Å². The Labute approximate surface area is 208 Å². The number of ether oxygens (including phenoxy) is 1. The summed E-state index contributed by atoms with van der Waals surface area (Å²) in [6, 6.07) is 25.9. The molecule has 1 aromatic heterocycles. The molecule has 3 aromatic carbocycles. The first-order valence-electron chi connectivity index (χ1n) is 11.6. The molecular formula is C30H23NO5. The lowest BCUT2D eigenvalue weighted by atomic mass is 9.81. The fourth-order valence-electron chi connectivity index (χ4n) is 4.53. The molecule has 0 saturated heterocycles. The zero-order chi connectivity index (χ0) is 25.1. The first-order chi connectivity index (χ1) is 17.6. The van der Waals surface area contributed by atoms with Crippen LogP contribution in [0.2, 0.25) is 0 Å². The molecule has 6 nitrogen and oxygen atoms in total. The lowest BCUT2D eigenvalue weighted by Crippen LogP contribution is -2.12. The molecule has 1 unspecified atom stereocenters. The Morgan fingerprint density at radius 2 is 1.58 bits per heavy atom. The summed E-state index contributed by atoms with van der Waals surface area (Å²) >= 11 is 0. The van der Waals surface area contributed by atoms with Crippen LogP contribution >= 0.6 is 0 Å². The Kier molecular flexibility index (Phi) is 6.33. The summed E-state index contributed by atoms with van der Waals surface area (Å²) in [6.07, 6.45) is 6.64. The number of allylic oxidation sites excluding steroid dienone is 2. The van der Waals surface area contributed by atoms with Crippen molar-refractivity contribution in [2.24, 2.45) is 0 Å². The zero-order valence-electron chi connectivity index (χ0n) is 19.6. The van der Waals surface area contributed by atoms with Gasteiger partial charge in [-0.3, -0.25) is 10.1 Å². The van der Waals surface area contributed by atoms with Crippen molar-refractivity contribution < 1.29 is 18.9 Å². The summed E-state index contributed by atoms with van der Waals surface area (Å²) in [5, 5.41) is 11.2. The molecule has 5 rings (SSSR count). The summed E-state index contributed by atoms with van der Waals surface area (Å²) in [5.74, 6) is 0.624. The van der Waals surface area contributed by atoms with Gasteiger partial charge in [0.25, 0.3) is 5.69 Å². The second-order valence-corrected chi connectivity index (χ2v) is 8.44. The van der Waals surface area contributed by atoms with Crippen LogP contribution in [-0.4, -0.2) is 18.0 Å². The maximum atomic E-state index is 12.8. The van der Waals surface area contributed by atoms with Crippen molar-refractivity contribution in [1.82, 2.24) is 0 Å². The first-order valence-corrected chi connectivity index (χ1v) is 11.6. The highest BCUT2D eigenvalue weighted by Gasteiger charge is 2.34. The van der Waals surface area contributed by atoms with Crippen molar-refractivity contribution in [2.45, 2.75) is 12.3 Å². The van der Waals surface area contributed by atoms with Crippen molar-refractivity contribution in [3.63, 3.8) is 0 Å². The van der Waals surface area contributed by atoms with E-state index in [0.29, 0.717) is 34.6 Å². The zero-order valence-corrected chi connectivity index (χ0v) is 19.6. The third-order valence-corrected chi connectivity index (χ3v) is 6.26. The topological polar surface area (TPSA) is 82.6 Å². The van der Waals surface area contributed by atoms with Gasteiger partial charge < -0.3 is 9.15 Å². The Hall–Kier alpha value is -4.71. The average Bonchev–Trinajstić information content (AvgIpc) is 3.33. The van der Waals surface area contributed by atoms with E-state index in [1.165, 1.54) is 19.2 Å². The number of nitrogens with zero attached hydrogens (tertiary/aromatic N) is 1. The van der Waals surface area contributed by atoms with Crippen LogP contribution in [0.3, 0.4) is 0 Å². The minimum Gasteiger partial charge on any atom is -0.465 e. The van der Waals surface area contributed by atoms with E-state index in [4.69, 9.17) is 9.15 Å². The van der Waals surface area contributed by atoms with Crippen molar-refractivity contribution in [3.8, 4) is 22.6 Å². The second-order valence-electron chi connectivity index (χ2n) is 8.44. The number of non-ortho nitro benzene ring substituents is 1. The van der Waals surface area contributed by atoms with Gasteiger partial charge in [-0.15, -0.1) is 0 Å². The molecular weight excluding hydrogens is 454 g/mol. The van der Waals surface area contributed by atoms with Gasteiger partial charge >= 0.3 is 5.97 Å². The predicted molar refractivity (Wildman–Crippen MR) is 139 cm³/mol. The largest absolute Gasteiger partial charge is 0.465 e. The highest BCUT2D eigenvalue weighted by Crippen LogP contribution is 2.48. The molecule has 0 N–H and O–H groups in total. The molecule has 4 aromatic rings. The van der Waals surface area contributed by atoms with Gasteiger partial charge in [-0.05, 0) is 24.1 Å². The molecule has 0 bridgehead atoms. The van der Waals surface area contributed by atoms with Crippen LogP contribution in [0.4, 0.5) is 5.69 Å². The summed E-state index contributed by atoms with van der Waals surface area (Å²) in [4.78, 5) is 23.6. The van der Waals surface area contributed by atoms with Crippen molar-refractivity contribution in [1.29, 1.82) is 0 Å². The van der Waals surface area contributed by atoms with Crippen LogP contribution in [0.5, 0.6) is 0 Å². The summed E-state index contributed by atoms with van der Waals surface area (Å²) in [7, 11) is 1.36. The molecule has 36 heavy (non-hydrogen) atoms. The number of hydrogen-bond acceptors (Lipinski definition) is 5. The highest BCUT2D eigenvalue weighted by molar-refractivity contribution is 6.19. The number of fused-ring (bicyclic) bond motifs is 1. The smallest absolute Gasteiger partial charge is 0.338 e. The monoisotopic (exact) mass is 477 g/mol. The molecule has 0 aliphatic heterocycles. The molecule has 1 aliphatic rings. The molecule has 0 saturated carbocycles. The van der Waals surface area contributed by atoms with Crippen molar-refractivity contribution in [3.05, 3.63) is 124 Å². The molecule has 0 radical (unpaired) electrons. The quantitative estimate of drug-likeness (QED) is 0.166. The number of esters is 1. The molecule has 0 spiro atoms. The van der Waals surface area contributed by atoms with Crippen LogP contribution in [0, 0.1) is 10.1 Å². The summed E-state index contributed by atoms with van der Waals surface area (Å²) < 4.78 is 11.6. The van der Waals surface area contributed by atoms with Gasteiger partial charge in [0.1, 0.15) is 11.5 Å². The first kappa shape index (κ1) is 23.1. The van der Waals surface area contributed by atoms with E-state index >= 15 is 0 Å². The van der Waals surface area contributed by atoms with Crippen LogP contribution < -0.4 is 0 Å². The molecule has 0 fully saturated rings. The highest BCUT2D eigenvalue weighted by atomic mass is 16.6. The Bertz CT molecular complexity index is 1470. The van der Waals surface area contributed by atoms with E-state index < -0.39 is 10.9 Å². The fourth-order valence-corrected chi connectivity index (χ4v) is 4.53. The van der Waals surface area contributed by atoms with E-state index in [1.807, 2.05) is 66.7 Å². The van der Waals surface area contributed by atoms with Crippen LogP contribution in [0.25, 0.3) is 34.3 Å². The molecule has 1 heterocycles. The van der Waals surface area contributed by atoms with Gasteiger partial charge in [-0.25, -0.2) is 4.79 Å². The number of nitro groups is 1. The second kappa shape index (κ2) is 9.88. The predicted octanol–water partition coefficient (Wildman–Crippen LogP) is 7.28. The normalized spacial score (nSPS) is 14.8. The molecule has 0 amide bonds. The number of carbonyl (C=O) groups is 1. The fraction of sp³-hybridized carbons (Fsp3) is 0.100. The number of benzene rings is 3. The van der Waals surface area contributed by atoms with Crippen molar-refractivity contribution >= 4 is 23.3 Å². The lowest BCUT2D eigenvalue weighted by Gasteiger charge is -2.21. The third kappa shape index (κ3) is 4.36. The van der Waals surface area contributed by atoms with E-state index in [0.717, 1.165) is 16.7 Å². The maximum absolute atomic E-state index is 12.8. The average molecular weight is 478 g/mol. The number of nitro benzene ring substituents is 1. The number of hydrogen-bond donors (Lipinski definition) is 0. The van der Waals surface area contributed by atoms with Gasteiger partial charge in [0.05, 0.1) is 17.6 Å². The van der Waals surface area contributed by atoms with Gasteiger partial charge in [-0.1, -0.05) is 78.9 Å². The Balaban J connectivity index is 1.73. The Morgan fingerprint density at radius 3 is 2.22 bits per heavy atom. The van der Waals surface area contributed by atoms with E-state index in [1.54, 1.807) is 12.1 Å². The van der Waals surface area contributed by atoms with Crippen LogP contribution in [0.15, 0.2) is 101 Å². The molecule has 1 atom stereocenters. The van der Waals surface area contributed by atoms with Gasteiger partial charge in [0, 0.05) is 40.3 Å². The number of carbonyl (C=O) groups excluding carboxylic acids is 1. The minimum atomic E-state index is -0.435. The molecule has 1 aliphatic carbocycles. The van der Waals surface area contributed by atoms with E-state index in [9.17, 15) is 14.9 Å². The maximum Gasteiger partial charge on any atom is 0.338 e. The molecule has 6 heteroatoms. The lowest BCUT2D eigenvalue weighted by molar-refractivity contribution is -0.384.